The highest BCUT2D eigenvalue weighted by molar-refractivity contribution is 5.99. The molecule has 0 aromatic heterocycles. The van der Waals surface area contributed by atoms with Crippen LogP contribution < -0.4 is 10.6 Å². The zero-order chi connectivity index (χ0) is 14.9. The Balaban J connectivity index is 2.16. The van der Waals surface area contributed by atoms with Crippen molar-refractivity contribution in [1.29, 1.82) is 0 Å². The smallest absolute Gasteiger partial charge is 0.387 e. The van der Waals surface area contributed by atoms with Crippen LogP contribution in [0.5, 0.6) is 0 Å². The molecule has 2 N–H and O–H groups in total. The lowest BCUT2D eigenvalue weighted by Crippen LogP contribution is -2.27. The molecule has 3 nitrogen and oxygen atoms in total. The second-order valence-electron chi connectivity index (χ2n) is 5.19. The van der Waals surface area contributed by atoms with Gasteiger partial charge in [-0.3, -0.25) is 4.79 Å². The highest BCUT2D eigenvalue weighted by atomic mass is 19.4. The van der Waals surface area contributed by atoms with Crippen molar-refractivity contribution >= 4 is 11.6 Å². The fourth-order valence-electron chi connectivity index (χ4n) is 2.13. The van der Waals surface area contributed by atoms with Crippen molar-refractivity contribution in [2.75, 3.05) is 18.9 Å². The minimum absolute atomic E-state index is 0.0237. The van der Waals surface area contributed by atoms with Crippen molar-refractivity contribution in [1.82, 2.24) is 5.32 Å². The molecule has 0 bridgehead atoms. The molecule has 0 radical (unpaired) electrons. The number of hydrogen-bond donors (Lipinski definition) is 2. The Morgan fingerprint density at radius 1 is 1.40 bits per heavy atom. The number of halogens is 3. The molecular weight excluding hydrogens is 269 g/mol. The average molecular weight is 286 g/mol. The largest absolute Gasteiger partial charge is 0.416 e. The summed E-state index contributed by atoms with van der Waals surface area (Å²) in [6.07, 6.45) is -3.39. The number of benzene rings is 1. The first-order valence-corrected chi connectivity index (χ1v) is 6.50. The summed E-state index contributed by atoms with van der Waals surface area (Å²) in [7, 11) is 1.57. The summed E-state index contributed by atoms with van der Waals surface area (Å²) >= 11 is 0. The van der Waals surface area contributed by atoms with Gasteiger partial charge >= 0.3 is 6.18 Å². The van der Waals surface area contributed by atoms with Crippen LogP contribution in [0.15, 0.2) is 18.2 Å². The maximum atomic E-state index is 12.7. The fraction of sp³-hybridized carbons (Fsp3) is 0.500. The molecule has 2 rings (SSSR count). The summed E-state index contributed by atoms with van der Waals surface area (Å²) in [5, 5.41) is 5.44. The van der Waals surface area contributed by atoms with E-state index in [2.05, 4.69) is 17.6 Å². The van der Waals surface area contributed by atoms with Crippen LogP contribution in [0.3, 0.4) is 0 Å². The third kappa shape index (κ3) is 3.23. The summed E-state index contributed by atoms with van der Waals surface area (Å²) < 4.78 is 38.1. The molecule has 6 heteroatoms. The zero-order valence-electron chi connectivity index (χ0n) is 11.3. The maximum Gasteiger partial charge on any atom is 0.416 e. The van der Waals surface area contributed by atoms with Gasteiger partial charge in [-0.15, -0.1) is 0 Å². The summed E-state index contributed by atoms with van der Waals surface area (Å²) in [6.45, 7) is 2.60. The van der Waals surface area contributed by atoms with Crippen LogP contribution in [0.2, 0.25) is 0 Å². The monoisotopic (exact) mass is 286 g/mol. The van der Waals surface area contributed by atoms with Gasteiger partial charge in [0.1, 0.15) is 0 Å². The summed E-state index contributed by atoms with van der Waals surface area (Å²) in [6, 6.07) is 3.13. The molecule has 1 aromatic carbocycles. The number of hydrogen-bond acceptors (Lipinski definition) is 2. The second kappa shape index (κ2) is 5.34. The number of rotatable bonds is 4. The quantitative estimate of drug-likeness (QED) is 0.893. The van der Waals surface area contributed by atoms with Crippen molar-refractivity contribution in [3.05, 3.63) is 29.3 Å². The van der Waals surface area contributed by atoms with E-state index in [1.54, 1.807) is 7.05 Å². The van der Waals surface area contributed by atoms with Crippen LogP contribution in [-0.2, 0) is 6.18 Å². The lowest BCUT2D eigenvalue weighted by atomic mass is 10.1. The van der Waals surface area contributed by atoms with E-state index < -0.39 is 17.6 Å². The summed E-state index contributed by atoms with van der Waals surface area (Å²) in [5.41, 5.74) is -0.406. The molecule has 110 valence electrons. The molecule has 0 spiro atoms. The first kappa shape index (κ1) is 14.7. The normalized spacial score (nSPS) is 21.4. The predicted octanol–water partition coefficient (Wildman–Crippen LogP) is 3.13. The number of amides is 1. The Morgan fingerprint density at radius 2 is 2.05 bits per heavy atom. The Bertz CT molecular complexity index is 514. The van der Waals surface area contributed by atoms with E-state index in [4.69, 9.17) is 0 Å². The number of carbonyl (C=O) groups excluding carboxylic acids is 1. The molecule has 1 fully saturated rings. The highest BCUT2D eigenvalue weighted by Gasteiger charge is 2.34. The molecule has 2 unspecified atom stereocenters. The lowest BCUT2D eigenvalue weighted by Gasteiger charge is -2.13. The van der Waals surface area contributed by atoms with E-state index in [-0.39, 0.29) is 5.56 Å². The Hall–Kier alpha value is -1.72. The number of carbonyl (C=O) groups is 1. The van der Waals surface area contributed by atoms with Crippen LogP contribution in [0.1, 0.15) is 29.3 Å². The van der Waals surface area contributed by atoms with Gasteiger partial charge in [0.2, 0.25) is 0 Å². The van der Waals surface area contributed by atoms with E-state index in [0.29, 0.717) is 24.1 Å². The van der Waals surface area contributed by atoms with Gasteiger partial charge in [0, 0.05) is 19.3 Å². The van der Waals surface area contributed by atoms with Gasteiger partial charge in [-0.2, -0.15) is 13.2 Å². The van der Waals surface area contributed by atoms with Crippen molar-refractivity contribution in [2.24, 2.45) is 11.8 Å². The highest BCUT2D eigenvalue weighted by Crippen LogP contribution is 2.37. The third-order valence-electron chi connectivity index (χ3n) is 3.66. The van der Waals surface area contributed by atoms with Crippen molar-refractivity contribution in [2.45, 2.75) is 19.5 Å². The number of nitrogens with one attached hydrogen (secondary N) is 2. The molecule has 0 saturated heterocycles. The maximum absolute atomic E-state index is 12.7. The molecule has 1 aromatic rings. The van der Waals surface area contributed by atoms with E-state index >= 15 is 0 Å². The minimum atomic E-state index is -4.45. The van der Waals surface area contributed by atoms with Gasteiger partial charge in [0.15, 0.2) is 0 Å². The van der Waals surface area contributed by atoms with Crippen LogP contribution in [-0.4, -0.2) is 19.5 Å². The van der Waals surface area contributed by atoms with E-state index in [9.17, 15) is 18.0 Å². The minimum Gasteiger partial charge on any atom is -0.387 e. The summed E-state index contributed by atoms with van der Waals surface area (Å²) in [5.74, 6) is 0.558. The predicted molar refractivity (Wildman–Crippen MR) is 70.6 cm³/mol. The van der Waals surface area contributed by atoms with Gasteiger partial charge in [-0.1, -0.05) is 6.92 Å². The van der Waals surface area contributed by atoms with Gasteiger partial charge in [-0.25, -0.2) is 0 Å². The van der Waals surface area contributed by atoms with E-state index in [1.807, 2.05) is 0 Å². The molecule has 1 aliphatic carbocycles. The van der Waals surface area contributed by atoms with Crippen LogP contribution in [0.25, 0.3) is 0 Å². The van der Waals surface area contributed by atoms with Crippen LogP contribution >= 0.6 is 0 Å². The van der Waals surface area contributed by atoms with Crippen molar-refractivity contribution in [3.8, 4) is 0 Å². The SMILES string of the molecule is CNc1ccc(C(F)(F)F)cc1C(=O)NCC1CC1C. The lowest BCUT2D eigenvalue weighted by molar-refractivity contribution is -0.137. The molecular formula is C14H17F3N2O. The van der Waals surface area contributed by atoms with Crippen LogP contribution in [0.4, 0.5) is 18.9 Å². The Morgan fingerprint density at radius 3 is 2.55 bits per heavy atom. The van der Waals surface area contributed by atoms with E-state index in [0.717, 1.165) is 18.6 Å². The van der Waals surface area contributed by atoms with E-state index in [1.165, 1.54) is 6.07 Å². The summed E-state index contributed by atoms with van der Waals surface area (Å²) in [4.78, 5) is 12.0. The second-order valence-corrected chi connectivity index (χ2v) is 5.19. The molecule has 1 aliphatic rings. The zero-order valence-corrected chi connectivity index (χ0v) is 11.3. The first-order valence-electron chi connectivity index (χ1n) is 6.50. The molecule has 2 atom stereocenters. The average Bonchev–Trinajstić information content (AvgIpc) is 3.10. The van der Waals surface area contributed by atoms with Crippen molar-refractivity contribution < 1.29 is 18.0 Å². The third-order valence-corrected chi connectivity index (χ3v) is 3.66. The molecule has 0 heterocycles. The number of alkyl halides is 3. The Labute approximate surface area is 115 Å². The van der Waals surface area contributed by atoms with Gasteiger partial charge in [0.25, 0.3) is 5.91 Å². The molecule has 20 heavy (non-hydrogen) atoms. The van der Waals surface area contributed by atoms with Gasteiger partial charge < -0.3 is 10.6 Å². The molecule has 1 saturated carbocycles. The molecule has 1 amide bonds. The number of anilines is 1. The first-order chi connectivity index (χ1) is 9.32. The Kier molecular flexibility index (Phi) is 3.92. The van der Waals surface area contributed by atoms with Gasteiger partial charge in [-0.05, 0) is 36.5 Å². The van der Waals surface area contributed by atoms with Crippen molar-refractivity contribution in [3.63, 3.8) is 0 Å². The standard InChI is InChI=1S/C14H17F3N2O/c1-8-5-9(8)7-19-13(20)11-6-10(14(15,16)17)3-4-12(11)18-2/h3-4,6,8-9,18H,5,7H2,1-2H3,(H,19,20). The fourth-order valence-corrected chi connectivity index (χ4v) is 2.13. The van der Waals surface area contributed by atoms with Gasteiger partial charge in [0.05, 0.1) is 11.1 Å². The molecule has 0 aliphatic heterocycles. The topological polar surface area (TPSA) is 41.1 Å². The van der Waals surface area contributed by atoms with Crippen LogP contribution in [0, 0.1) is 11.8 Å².